The number of carbonyl (C=O) groups excluding carboxylic acids is 1. The first kappa shape index (κ1) is 14.5. The molecule has 0 aliphatic heterocycles. The van der Waals surface area contributed by atoms with Gasteiger partial charge in [-0.2, -0.15) is 0 Å². The van der Waals surface area contributed by atoms with Gasteiger partial charge in [-0.05, 0) is 23.6 Å². The van der Waals surface area contributed by atoms with Gasteiger partial charge in [-0.25, -0.2) is 0 Å². The van der Waals surface area contributed by atoms with E-state index in [2.05, 4.69) is 13.8 Å². The molecule has 0 aliphatic carbocycles. The van der Waals surface area contributed by atoms with Gasteiger partial charge >= 0.3 is 0 Å². The molecular weight excluding hydrogens is 230 g/mol. The fourth-order valence-electron chi connectivity index (χ4n) is 1.73. The Morgan fingerprint density at radius 3 is 2.61 bits per heavy atom. The van der Waals surface area contributed by atoms with Crippen LogP contribution in [0.5, 0.6) is 5.75 Å². The lowest BCUT2D eigenvalue weighted by Crippen LogP contribution is -2.27. The molecule has 0 fully saturated rings. The summed E-state index contributed by atoms with van der Waals surface area (Å²) in [6.45, 7) is 4.07. The lowest BCUT2D eigenvalue weighted by molar-refractivity contribution is -0.118. The van der Waals surface area contributed by atoms with Gasteiger partial charge in [0.05, 0.1) is 25.8 Å². The molecule has 0 atom stereocenters. The summed E-state index contributed by atoms with van der Waals surface area (Å²) in [5.74, 6) is 0.953. The highest BCUT2D eigenvalue weighted by atomic mass is 16.5. The van der Waals surface area contributed by atoms with E-state index in [9.17, 15) is 4.79 Å². The average Bonchev–Trinajstić information content (AvgIpc) is 2.37. The summed E-state index contributed by atoms with van der Waals surface area (Å²) >= 11 is 0. The highest BCUT2D eigenvalue weighted by molar-refractivity contribution is 5.94. The molecule has 0 radical (unpaired) electrons. The number of anilines is 1. The normalized spacial score (nSPS) is 10.6. The van der Waals surface area contributed by atoms with Crippen LogP contribution in [0.25, 0.3) is 0 Å². The number of aliphatic hydroxyl groups excluding tert-OH is 1. The minimum Gasteiger partial charge on any atom is -0.495 e. The average molecular weight is 251 g/mol. The van der Waals surface area contributed by atoms with Crippen molar-refractivity contribution >= 4 is 11.6 Å². The molecule has 4 nitrogen and oxygen atoms in total. The van der Waals surface area contributed by atoms with Crippen molar-refractivity contribution in [2.75, 3.05) is 25.7 Å². The van der Waals surface area contributed by atoms with E-state index in [1.807, 2.05) is 18.2 Å². The van der Waals surface area contributed by atoms with Gasteiger partial charge in [0.1, 0.15) is 5.75 Å². The van der Waals surface area contributed by atoms with Crippen molar-refractivity contribution in [3.05, 3.63) is 23.8 Å². The first-order valence-electron chi connectivity index (χ1n) is 6.06. The minimum absolute atomic E-state index is 0.117. The number of amides is 1. The molecule has 4 heteroatoms. The smallest absolute Gasteiger partial charge is 0.229 e. The van der Waals surface area contributed by atoms with Crippen LogP contribution in [0, 0.1) is 0 Å². The van der Waals surface area contributed by atoms with Crippen LogP contribution >= 0.6 is 0 Å². The predicted molar refractivity (Wildman–Crippen MR) is 72.2 cm³/mol. The Morgan fingerprint density at radius 2 is 2.11 bits per heavy atom. The number of ether oxygens (including phenoxy) is 1. The third-order valence-corrected chi connectivity index (χ3v) is 2.93. The molecule has 0 aromatic heterocycles. The molecular formula is C14H21NO3. The van der Waals surface area contributed by atoms with Crippen molar-refractivity contribution in [3.63, 3.8) is 0 Å². The molecule has 0 bridgehead atoms. The molecule has 0 unspecified atom stereocenters. The Labute approximate surface area is 108 Å². The number of hydrogen-bond donors (Lipinski definition) is 1. The first-order valence-corrected chi connectivity index (χ1v) is 6.06. The topological polar surface area (TPSA) is 49.8 Å². The zero-order valence-electron chi connectivity index (χ0n) is 11.4. The predicted octanol–water partition coefficient (Wildman–Crippen LogP) is 2.16. The maximum atomic E-state index is 11.7. The Bertz CT molecular complexity index is 416. The number of aliphatic hydroxyl groups is 1. The Hall–Kier alpha value is -1.55. The summed E-state index contributed by atoms with van der Waals surface area (Å²) in [6.07, 6.45) is 0.117. The maximum absolute atomic E-state index is 11.7. The molecule has 1 N–H and O–H groups in total. The van der Waals surface area contributed by atoms with Gasteiger partial charge in [0, 0.05) is 7.05 Å². The largest absolute Gasteiger partial charge is 0.495 e. The second-order valence-electron chi connectivity index (χ2n) is 4.51. The van der Waals surface area contributed by atoms with E-state index in [0.29, 0.717) is 11.7 Å². The number of hydrogen-bond acceptors (Lipinski definition) is 3. The Balaban J connectivity index is 3.05. The molecule has 0 saturated carbocycles. The zero-order valence-corrected chi connectivity index (χ0v) is 11.4. The lowest BCUT2D eigenvalue weighted by Gasteiger charge is -2.21. The van der Waals surface area contributed by atoms with Crippen molar-refractivity contribution in [2.24, 2.45) is 0 Å². The van der Waals surface area contributed by atoms with Crippen LogP contribution in [0.3, 0.4) is 0 Å². The third kappa shape index (κ3) is 3.23. The van der Waals surface area contributed by atoms with Crippen LogP contribution in [0.2, 0.25) is 0 Å². The summed E-state index contributed by atoms with van der Waals surface area (Å²) in [4.78, 5) is 13.3. The van der Waals surface area contributed by atoms with Gasteiger partial charge < -0.3 is 14.7 Å². The Morgan fingerprint density at radius 1 is 1.44 bits per heavy atom. The molecule has 1 aromatic carbocycles. The van der Waals surface area contributed by atoms with E-state index in [4.69, 9.17) is 9.84 Å². The van der Waals surface area contributed by atoms with E-state index in [0.717, 1.165) is 5.69 Å². The maximum Gasteiger partial charge on any atom is 0.229 e. The van der Waals surface area contributed by atoms with E-state index < -0.39 is 0 Å². The Kier molecular flexibility index (Phi) is 5.16. The molecule has 1 aromatic rings. The van der Waals surface area contributed by atoms with E-state index in [1.54, 1.807) is 14.2 Å². The highest BCUT2D eigenvalue weighted by Crippen LogP contribution is 2.31. The van der Waals surface area contributed by atoms with Crippen LogP contribution in [-0.2, 0) is 4.79 Å². The number of benzene rings is 1. The van der Waals surface area contributed by atoms with Gasteiger partial charge in [-0.1, -0.05) is 19.9 Å². The van der Waals surface area contributed by atoms with Crippen LogP contribution in [-0.4, -0.2) is 31.8 Å². The second kappa shape index (κ2) is 6.40. The minimum atomic E-state index is -0.143. The SMILES string of the molecule is COc1cc(C(C)C)ccc1N(C)C(=O)CCO. The van der Waals surface area contributed by atoms with Gasteiger partial charge in [-0.15, -0.1) is 0 Å². The fourth-order valence-corrected chi connectivity index (χ4v) is 1.73. The van der Waals surface area contributed by atoms with E-state index >= 15 is 0 Å². The van der Waals surface area contributed by atoms with Crippen molar-refractivity contribution in [1.29, 1.82) is 0 Å². The molecule has 1 rings (SSSR count). The zero-order chi connectivity index (χ0) is 13.7. The summed E-state index contributed by atoms with van der Waals surface area (Å²) in [7, 11) is 3.28. The molecule has 0 spiro atoms. The summed E-state index contributed by atoms with van der Waals surface area (Å²) in [5.41, 5.74) is 1.89. The van der Waals surface area contributed by atoms with Crippen LogP contribution < -0.4 is 9.64 Å². The van der Waals surface area contributed by atoms with Crippen molar-refractivity contribution in [1.82, 2.24) is 0 Å². The van der Waals surface area contributed by atoms with Crippen molar-refractivity contribution in [2.45, 2.75) is 26.2 Å². The number of carbonyl (C=O) groups is 1. The second-order valence-corrected chi connectivity index (χ2v) is 4.51. The molecule has 100 valence electrons. The van der Waals surface area contributed by atoms with Crippen LogP contribution in [0.1, 0.15) is 31.7 Å². The van der Waals surface area contributed by atoms with Crippen molar-refractivity contribution in [3.8, 4) is 5.75 Å². The van der Waals surface area contributed by atoms with Gasteiger partial charge in [0.25, 0.3) is 0 Å². The highest BCUT2D eigenvalue weighted by Gasteiger charge is 2.15. The van der Waals surface area contributed by atoms with E-state index in [-0.39, 0.29) is 18.9 Å². The molecule has 0 aliphatic rings. The number of rotatable bonds is 5. The summed E-state index contributed by atoms with van der Waals surface area (Å²) < 4.78 is 5.33. The molecule has 0 heterocycles. The number of nitrogens with zero attached hydrogens (tertiary/aromatic N) is 1. The molecule has 18 heavy (non-hydrogen) atoms. The fraction of sp³-hybridized carbons (Fsp3) is 0.500. The first-order chi connectivity index (χ1) is 8.51. The molecule has 1 amide bonds. The summed E-state index contributed by atoms with van der Waals surface area (Å²) in [5, 5.41) is 8.80. The molecule has 0 saturated heterocycles. The lowest BCUT2D eigenvalue weighted by atomic mass is 10.0. The number of methoxy groups -OCH3 is 1. The van der Waals surface area contributed by atoms with Crippen molar-refractivity contribution < 1.29 is 14.6 Å². The third-order valence-electron chi connectivity index (χ3n) is 2.93. The summed E-state index contributed by atoms with van der Waals surface area (Å²) in [6, 6.07) is 5.82. The monoisotopic (exact) mass is 251 g/mol. The van der Waals surface area contributed by atoms with Gasteiger partial charge in [-0.3, -0.25) is 4.79 Å². The van der Waals surface area contributed by atoms with Crippen LogP contribution in [0.4, 0.5) is 5.69 Å². The van der Waals surface area contributed by atoms with Gasteiger partial charge in [0.2, 0.25) is 5.91 Å². The standard InChI is InChI=1S/C14H21NO3/c1-10(2)11-5-6-12(13(9-11)18-4)15(3)14(17)7-8-16/h5-6,9-10,16H,7-8H2,1-4H3. The van der Waals surface area contributed by atoms with Crippen LogP contribution in [0.15, 0.2) is 18.2 Å². The van der Waals surface area contributed by atoms with Gasteiger partial charge in [0.15, 0.2) is 0 Å². The quantitative estimate of drug-likeness (QED) is 0.872. The van der Waals surface area contributed by atoms with E-state index in [1.165, 1.54) is 10.5 Å².